The van der Waals surface area contributed by atoms with Gasteiger partial charge in [-0.2, -0.15) is 0 Å². The Labute approximate surface area is 146 Å². The summed E-state index contributed by atoms with van der Waals surface area (Å²) in [7, 11) is 0. The van der Waals surface area contributed by atoms with E-state index in [1.54, 1.807) is 0 Å². The molecule has 0 heterocycles. The van der Waals surface area contributed by atoms with E-state index in [9.17, 15) is 28.8 Å². The second-order valence-corrected chi connectivity index (χ2v) is 5.85. The Bertz CT molecular complexity index is 539. The molecule has 2 amide bonds. The molecular formula is C13H19N3O8S. The number of aliphatic carboxylic acids is 2. The Balaban J connectivity index is 4.69. The van der Waals surface area contributed by atoms with E-state index in [-0.39, 0.29) is 25.0 Å². The molecule has 0 aromatic rings. The molecule has 140 valence electrons. The average molecular weight is 377 g/mol. The summed E-state index contributed by atoms with van der Waals surface area (Å²) in [5, 5.41) is 21.0. The maximum atomic E-state index is 11.9. The van der Waals surface area contributed by atoms with Gasteiger partial charge in [-0.15, -0.1) is 0 Å². The van der Waals surface area contributed by atoms with Crippen LogP contribution in [0.2, 0.25) is 0 Å². The van der Waals surface area contributed by atoms with E-state index < -0.39 is 47.5 Å². The first-order valence-electron chi connectivity index (χ1n) is 7.03. The summed E-state index contributed by atoms with van der Waals surface area (Å²) < 4.78 is 0. The number of carboxylic acid groups (broad SMARTS) is 2. The third-order valence-corrected chi connectivity index (χ3v) is 3.71. The molecule has 0 saturated carbocycles. The molecule has 0 aromatic carbocycles. The zero-order valence-electron chi connectivity index (χ0n) is 13.1. The van der Waals surface area contributed by atoms with Crippen molar-refractivity contribution in [2.45, 2.75) is 31.3 Å². The van der Waals surface area contributed by atoms with E-state index in [0.29, 0.717) is 18.0 Å². The average Bonchev–Trinajstić information content (AvgIpc) is 2.54. The van der Waals surface area contributed by atoms with Gasteiger partial charge >= 0.3 is 11.9 Å². The molecule has 0 fully saturated rings. The van der Waals surface area contributed by atoms with Crippen molar-refractivity contribution in [1.82, 2.24) is 10.6 Å². The molecule has 2 atom stereocenters. The minimum Gasteiger partial charge on any atom is -0.480 e. The van der Waals surface area contributed by atoms with E-state index in [0.717, 1.165) is 0 Å². The molecule has 25 heavy (non-hydrogen) atoms. The van der Waals surface area contributed by atoms with Crippen LogP contribution in [-0.4, -0.2) is 69.7 Å². The molecular weight excluding hydrogens is 358 g/mol. The molecule has 0 aliphatic carbocycles. The van der Waals surface area contributed by atoms with Crippen molar-refractivity contribution in [2.75, 3.05) is 12.3 Å². The van der Waals surface area contributed by atoms with Crippen molar-refractivity contribution in [3.8, 4) is 0 Å². The van der Waals surface area contributed by atoms with Crippen molar-refractivity contribution in [3.63, 3.8) is 0 Å². The summed E-state index contributed by atoms with van der Waals surface area (Å²) in [6.45, 7) is -0.679. The minimum atomic E-state index is -1.30. The lowest BCUT2D eigenvalue weighted by Crippen LogP contribution is -2.49. The molecule has 0 spiro atoms. The topological polar surface area (TPSA) is 193 Å². The number of carbonyl (C=O) groups excluding carboxylic acids is 4. The Morgan fingerprint density at radius 2 is 1.80 bits per heavy atom. The number of rotatable bonds is 12. The second kappa shape index (κ2) is 12.0. The molecule has 2 unspecified atom stereocenters. The van der Waals surface area contributed by atoms with Crippen LogP contribution in [-0.2, 0) is 28.8 Å². The first-order chi connectivity index (χ1) is 11.7. The smallest absolute Gasteiger partial charge is 0.322 e. The second-order valence-electron chi connectivity index (χ2n) is 4.77. The molecule has 0 bridgehead atoms. The van der Waals surface area contributed by atoms with Gasteiger partial charge in [0.25, 0.3) is 0 Å². The Morgan fingerprint density at radius 1 is 1.16 bits per heavy atom. The van der Waals surface area contributed by atoms with Gasteiger partial charge in [-0.25, -0.2) is 0 Å². The summed E-state index contributed by atoms with van der Waals surface area (Å²) >= 11 is 0.631. The monoisotopic (exact) mass is 377 g/mol. The van der Waals surface area contributed by atoms with Gasteiger partial charge in [0, 0.05) is 12.2 Å². The standard InChI is InChI=1S/C13H19N3O8S/c14-7(13(23)24)1-2-9(18)16-8(6-25-11(21)3-4-17)12(22)15-5-10(19)20/h4,7-8H,1-3,5-6,14H2,(H,15,22)(H,16,18)(H,19,20)(H,23,24). The van der Waals surface area contributed by atoms with E-state index in [1.807, 2.05) is 0 Å². The predicted octanol–water partition coefficient (Wildman–Crippen LogP) is -2.29. The van der Waals surface area contributed by atoms with Crippen LogP contribution in [0.3, 0.4) is 0 Å². The third kappa shape index (κ3) is 10.8. The van der Waals surface area contributed by atoms with Gasteiger partial charge in [0.05, 0.1) is 6.42 Å². The van der Waals surface area contributed by atoms with Gasteiger partial charge in [-0.3, -0.25) is 24.0 Å². The van der Waals surface area contributed by atoms with Crippen LogP contribution in [0.5, 0.6) is 0 Å². The van der Waals surface area contributed by atoms with Crippen molar-refractivity contribution in [3.05, 3.63) is 0 Å². The predicted molar refractivity (Wildman–Crippen MR) is 85.6 cm³/mol. The first kappa shape index (κ1) is 22.5. The highest BCUT2D eigenvalue weighted by Gasteiger charge is 2.23. The van der Waals surface area contributed by atoms with Crippen LogP contribution in [0.15, 0.2) is 0 Å². The van der Waals surface area contributed by atoms with Crippen molar-refractivity contribution >= 4 is 46.9 Å². The molecule has 0 rings (SSSR count). The molecule has 0 saturated heterocycles. The highest BCUT2D eigenvalue weighted by atomic mass is 32.2. The normalized spacial score (nSPS) is 12.5. The van der Waals surface area contributed by atoms with E-state index in [4.69, 9.17) is 15.9 Å². The summed E-state index contributed by atoms with van der Waals surface area (Å²) in [6, 6.07) is -2.47. The lowest BCUT2D eigenvalue weighted by Gasteiger charge is -2.17. The van der Waals surface area contributed by atoms with Crippen LogP contribution in [0.25, 0.3) is 0 Å². The zero-order chi connectivity index (χ0) is 19.4. The van der Waals surface area contributed by atoms with E-state index >= 15 is 0 Å². The van der Waals surface area contributed by atoms with Crippen LogP contribution in [0.1, 0.15) is 19.3 Å². The number of amides is 2. The van der Waals surface area contributed by atoms with Gasteiger partial charge in [-0.05, 0) is 6.42 Å². The summed E-state index contributed by atoms with van der Waals surface area (Å²) in [4.78, 5) is 66.3. The highest BCUT2D eigenvalue weighted by Crippen LogP contribution is 2.07. The lowest BCUT2D eigenvalue weighted by molar-refractivity contribution is -0.139. The van der Waals surface area contributed by atoms with Crippen molar-refractivity contribution in [2.24, 2.45) is 5.73 Å². The van der Waals surface area contributed by atoms with E-state index in [2.05, 4.69) is 10.6 Å². The van der Waals surface area contributed by atoms with Gasteiger partial charge in [0.15, 0.2) is 5.12 Å². The summed E-state index contributed by atoms with van der Waals surface area (Å²) in [6.07, 6.45) is -0.415. The fourth-order valence-electron chi connectivity index (χ4n) is 1.45. The lowest BCUT2D eigenvalue weighted by atomic mass is 10.1. The zero-order valence-corrected chi connectivity index (χ0v) is 13.9. The molecule has 0 aromatic heterocycles. The Kier molecular flexibility index (Phi) is 10.8. The molecule has 0 aliphatic heterocycles. The van der Waals surface area contributed by atoms with Crippen LogP contribution in [0, 0.1) is 0 Å². The number of hydrogen-bond acceptors (Lipinski definition) is 8. The third-order valence-electron chi connectivity index (χ3n) is 2.73. The van der Waals surface area contributed by atoms with E-state index in [1.165, 1.54) is 0 Å². The van der Waals surface area contributed by atoms with Crippen molar-refractivity contribution in [1.29, 1.82) is 0 Å². The first-order valence-corrected chi connectivity index (χ1v) is 8.02. The number of nitrogens with two attached hydrogens (primary N) is 1. The number of carbonyl (C=O) groups is 6. The molecule has 11 nitrogen and oxygen atoms in total. The molecule has 6 N–H and O–H groups in total. The molecule has 0 aliphatic rings. The summed E-state index contributed by atoms with van der Waals surface area (Å²) in [5.74, 6) is -4.30. The quantitative estimate of drug-likeness (QED) is 0.182. The van der Waals surface area contributed by atoms with Crippen LogP contribution < -0.4 is 16.4 Å². The number of aldehydes is 1. The SMILES string of the molecule is NC(CCC(=O)NC(CSC(=O)CC=O)C(=O)NCC(=O)O)C(=O)O. The van der Waals surface area contributed by atoms with Crippen molar-refractivity contribution < 1.29 is 39.0 Å². The number of carboxylic acids is 2. The summed E-state index contributed by atoms with van der Waals surface area (Å²) in [5.41, 5.74) is 5.26. The number of nitrogens with one attached hydrogen (secondary N) is 2. The largest absolute Gasteiger partial charge is 0.480 e. The fourth-order valence-corrected chi connectivity index (χ4v) is 2.22. The number of thioether (sulfide) groups is 1. The van der Waals surface area contributed by atoms with Gasteiger partial charge in [0.2, 0.25) is 11.8 Å². The maximum Gasteiger partial charge on any atom is 0.322 e. The maximum absolute atomic E-state index is 11.9. The van der Waals surface area contributed by atoms with Gasteiger partial charge < -0.3 is 31.4 Å². The molecule has 0 radical (unpaired) electrons. The van der Waals surface area contributed by atoms with Gasteiger partial charge in [0.1, 0.15) is 24.9 Å². The van der Waals surface area contributed by atoms with Crippen LogP contribution in [0.4, 0.5) is 0 Å². The Hall–Kier alpha value is -2.47. The van der Waals surface area contributed by atoms with Gasteiger partial charge in [-0.1, -0.05) is 11.8 Å². The Morgan fingerprint density at radius 3 is 2.32 bits per heavy atom. The fraction of sp³-hybridized carbons (Fsp3) is 0.538. The molecule has 12 heteroatoms. The minimum absolute atomic E-state index is 0.165. The van der Waals surface area contributed by atoms with Crippen LogP contribution >= 0.6 is 11.8 Å². The number of hydrogen-bond donors (Lipinski definition) is 5. The highest BCUT2D eigenvalue weighted by molar-refractivity contribution is 8.13.